The quantitative estimate of drug-likeness (QED) is 0.660. The summed E-state index contributed by atoms with van der Waals surface area (Å²) in [6.07, 6.45) is 0. The van der Waals surface area contributed by atoms with Gasteiger partial charge in [0.25, 0.3) is 5.91 Å². The van der Waals surface area contributed by atoms with Crippen molar-refractivity contribution in [2.24, 2.45) is 0 Å². The van der Waals surface area contributed by atoms with Crippen LogP contribution in [0.2, 0.25) is 5.02 Å². The lowest BCUT2D eigenvalue weighted by Gasteiger charge is -2.12. The normalized spacial score (nSPS) is 10.2. The third kappa shape index (κ3) is 3.73. The first kappa shape index (κ1) is 16.0. The number of amides is 1. The summed E-state index contributed by atoms with van der Waals surface area (Å²) < 4.78 is 13.2. The monoisotopic (exact) mass is 340 g/mol. The molecule has 3 aromatic rings. The molecule has 3 rings (SSSR count). The zero-order valence-electron chi connectivity index (χ0n) is 12.6. The van der Waals surface area contributed by atoms with E-state index in [0.717, 1.165) is 5.69 Å². The molecule has 5 heteroatoms. The summed E-state index contributed by atoms with van der Waals surface area (Å²) in [4.78, 5) is 12.5. The Morgan fingerprint density at radius 2 is 1.58 bits per heavy atom. The van der Waals surface area contributed by atoms with Crippen LogP contribution in [0.4, 0.5) is 21.5 Å². The van der Waals surface area contributed by atoms with E-state index in [1.807, 2.05) is 42.5 Å². The van der Waals surface area contributed by atoms with Crippen molar-refractivity contribution in [3.8, 4) is 0 Å². The lowest BCUT2D eigenvalue weighted by atomic mass is 10.1. The second-order valence-electron chi connectivity index (χ2n) is 5.12. The molecule has 0 spiro atoms. The summed E-state index contributed by atoms with van der Waals surface area (Å²) >= 11 is 5.74. The van der Waals surface area contributed by atoms with Crippen molar-refractivity contribution in [3.05, 3.63) is 89.2 Å². The summed E-state index contributed by atoms with van der Waals surface area (Å²) in [7, 11) is 0. The minimum absolute atomic E-state index is 0.0384. The molecular weight excluding hydrogens is 327 g/mol. The number of para-hydroxylation sites is 2. The number of benzene rings is 3. The number of hydrogen-bond donors (Lipinski definition) is 2. The minimum atomic E-state index is -0.527. The molecule has 2 N–H and O–H groups in total. The van der Waals surface area contributed by atoms with Crippen molar-refractivity contribution in [1.29, 1.82) is 0 Å². The highest BCUT2D eigenvalue weighted by Gasteiger charge is 2.12. The van der Waals surface area contributed by atoms with Crippen LogP contribution in [-0.4, -0.2) is 5.91 Å². The molecule has 0 aliphatic rings. The Hall–Kier alpha value is -2.85. The zero-order chi connectivity index (χ0) is 16.9. The van der Waals surface area contributed by atoms with E-state index in [1.165, 1.54) is 18.2 Å². The fraction of sp³-hybridized carbons (Fsp3) is 0. The molecule has 3 aromatic carbocycles. The van der Waals surface area contributed by atoms with Gasteiger partial charge in [0.05, 0.1) is 16.3 Å². The molecule has 0 atom stereocenters. The Balaban J connectivity index is 1.83. The number of hydrogen-bond acceptors (Lipinski definition) is 2. The highest BCUT2D eigenvalue weighted by molar-refractivity contribution is 6.31. The molecule has 0 heterocycles. The van der Waals surface area contributed by atoms with Gasteiger partial charge in [-0.05, 0) is 42.5 Å². The van der Waals surface area contributed by atoms with Gasteiger partial charge in [0.1, 0.15) is 5.82 Å². The average molecular weight is 341 g/mol. The van der Waals surface area contributed by atoms with E-state index in [2.05, 4.69) is 10.6 Å². The highest BCUT2D eigenvalue weighted by atomic mass is 35.5. The van der Waals surface area contributed by atoms with Gasteiger partial charge >= 0.3 is 0 Å². The molecule has 0 aliphatic heterocycles. The van der Waals surface area contributed by atoms with E-state index in [4.69, 9.17) is 11.6 Å². The first-order valence-electron chi connectivity index (χ1n) is 7.31. The van der Waals surface area contributed by atoms with Gasteiger partial charge in [-0.15, -0.1) is 0 Å². The van der Waals surface area contributed by atoms with Gasteiger partial charge in [-0.1, -0.05) is 41.9 Å². The number of rotatable bonds is 4. The lowest BCUT2D eigenvalue weighted by Crippen LogP contribution is -2.13. The Morgan fingerprint density at radius 1 is 0.875 bits per heavy atom. The maximum Gasteiger partial charge on any atom is 0.257 e. The number of nitrogens with one attached hydrogen (secondary N) is 2. The van der Waals surface area contributed by atoms with Gasteiger partial charge in [0, 0.05) is 11.4 Å². The van der Waals surface area contributed by atoms with E-state index in [0.29, 0.717) is 16.9 Å². The van der Waals surface area contributed by atoms with Gasteiger partial charge in [0.2, 0.25) is 0 Å². The standard InChI is InChI=1S/C19H14ClFN2O/c20-16-12-14(10-11-17(16)21)23-19(24)15-8-4-5-9-18(15)22-13-6-2-1-3-7-13/h1-12,22H,(H,23,24). The number of carbonyl (C=O) groups is 1. The van der Waals surface area contributed by atoms with E-state index in [9.17, 15) is 9.18 Å². The maximum absolute atomic E-state index is 13.2. The second-order valence-corrected chi connectivity index (χ2v) is 5.53. The summed E-state index contributed by atoms with van der Waals surface area (Å²) in [6, 6.07) is 20.8. The topological polar surface area (TPSA) is 41.1 Å². The molecule has 24 heavy (non-hydrogen) atoms. The third-order valence-corrected chi connectivity index (χ3v) is 3.69. The molecule has 1 amide bonds. The molecule has 0 radical (unpaired) electrons. The molecule has 3 nitrogen and oxygen atoms in total. The number of halogens is 2. The number of carbonyl (C=O) groups excluding carboxylic acids is 1. The van der Waals surface area contributed by atoms with Crippen LogP contribution in [0.3, 0.4) is 0 Å². The van der Waals surface area contributed by atoms with E-state index in [1.54, 1.807) is 12.1 Å². The van der Waals surface area contributed by atoms with E-state index >= 15 is 0 Å². The predicted octanol–water partition coefficient (Wildman–Crippen LogP) is 5.48. The average Bonchev–Trinajstić information content (AvgIpc) is 2.59. The SMILES string of the molecule is O=C(Nc1ccc(F)c(Cl)c1)c1ccccc1Nc1ccccc1. The molecular formula is C19H14ClFN2O. The van der Waals surface area contributed by atoms with Crippen LogP contribution in [0.25, 0.3) is 0 Å². The fourth-order valence-corrected chi connectivity index (χ4v) is 2.42. The van der Waals surface area contributed by atoms with Crippen LogP contribution in [0.1, 0.15) is 10.4 Å². The zero-order valence-corrected chi connectivity index (χ0v) is 13.3. The summed E-state index contributed by atoms with van der Waals surface area (Å²) in [5, 5.41) is 5.90. The van der Waals surface area contributed by atoms with Crippen LogP contribution in [0.15, 0.2) is 72.8 Å². The number of anilines is 3. The fourth-order valence-electron chi connectivity index (χ4n) is 2.24. The molecule has 0 saturated carbocycles. The third-order valence-electron chi connectivity index (χ3n) is 3.40. The summed E-state index contributed by atoms with van der Waals surface area (Å²) in [6.45, 7) is 0. The van der Waals surface area contributed by atoms with Crippen LogP contribution in [0, 0.1) is 5.82 Å². The molecule has 0 bridgehead atoms. The Bertz CT molecular complexity index is 868. The van der Waals surface area contributed by atoms with Crippen molar-refractivity contribution in [2.75, 3.05) is 10.6 Å². The van der Waals surface area contributed by atoms with Crippen LogP contribution in [-0.2, 0) is 0 Å². The molecule has 0 fully saturated rings. The molecule has 0 saturated heterocycles. The molecule has 120 valence electrons. The van der Waals surface area contributed by atoms with Gasteiger partial charge in [-0.3, -0.25) is 4.79 Å². The Kier molecular flexibility index (Phi) is 4.77. The van der Waals surface area contributed by atoms with Gasteiger partial charge < -0.3 is 10.6 Å². The Morgan fingerprint density at radius 3 is 2.33 bits per heavy atom. The van der Waals surface area contributed by atoms with Crippen molar-refractivity contribution in [2.45, 2.75) is 0 Å². The van der Waals surface area contributed by atoms with Crippen molar-refractivity contribution < 1.29 is 9.18 Å². The highest BCUT2D eigenvalue weighted by Crippen LogP contribution is 2.23. The van der Waals surface area contributed by atoms with Gasteiger partial charge in [0.15, 0.2) is 0 Å². The first-order chi connectivity index (χ1) is 11.6. The van der Waals surface area contributed by atoms with Gasteiger partial charge in [-0.2, -0.15) is 0 Å². The first-order valence-corrected chi connectivity index (χ1v) is 7.69. The molecule has 0 unspecified atom stereocenters. The largest absolute Gasteiger partial charge is 0.355 e. The van der Waals surface area contributed by atoms with Crippen LogP contribution in [0.5, 0.6) is 0 Å². The predicted molar refractivity (Wildman–Crippen MR) is 95.5 cm³/mol. The summed E-state index contributed by atoms with van der Waals surface area (Å²) in [5.41, 5.74) is 2.46. The Labute approximate surface area is 144 Å². The molecule has 0 aliphatic carbocycles. The second kappa shape index (κ2) is 7.15. The lowest BCUT2D eigenvalue weighted by molar-refractivity contribution is 0.102. The maximum atomic E-state index is 13.2. The van der Waals surface area contributed by atoms with E-state index < -0.39 is 5.82 Å². The minimum Gasteiger partial charge on any atom is -0.355 e. The molecule has 0 aromatic heterocycles. The smallest absolute Gasteiger partial charge is 0.257 e. The van der Waals surface area contributed by atoms with Crippen molar-refractivity contribution >= 4 is 34.6 Å². The van der Waals surface area contributed by atoms with Crippen molar-refractivity contribution in [1.82, 2.24) is 0 Å². The van der Waals surface area contributed by atoms with E-state index in [-0.39, 0.29) is 10.9 Å². The van der Waals surface area contributed by atoms with Crippen LogP contribution >= 0.6 is 11.6 Å². The van der Waals surface area contributed by atoms with Gasteiger partial charge in [-0.25, -0.2) is 4.39 Å². The summed E-state index contributed by atoms with van der Waals surface area (Å²) in [5.74, 6) is -0.836. The van der Waals surface area contributed by atoms with Crippen LogP contribution < -0.4 is 10.6 Å². The van der Waals surface area contributed by atoms with Crippen molar-refractivity contribution in [3.63, 3.8) is 0 Å².